The lowest BCUT2D eigenvalue weighted by Gasteiger charge is -2.41. The predicted octanol–water partition coefficient (Wildman–Crippen LogP) is 3.86. The average Bonchev–Trinajstić information content (AvgIpc) is 3.42. The zero-order chi connectivity index (χ0) is 21.3. The molecule has 1 unspecified atom stereocenters. The van der Waals surface area contributed by atoms with Crippen LogP contribution >= 0.6 is 0 Å². The highest BCUT2D eigenvalue weighted by atomic mass is 16.5. The van der Waals surface area contributed by atoms with Gasteiger partial charge in [-0.15, -0.1) is 0 Å². The minimum absolute atomic E-state index is 0.136. The molecule has 5 nitrogen and oxygen atoms in total. The second-order valence-electron chi connectivity index (χ2n) is 10.2. The number of morpholine rings is 1. The van der Waals surface area contributed by atoms with Gasteiger partial charge in [0.1, 0.15) is 0 Å². The summed E-state index contributed by atoms with van der Waals surface area (Å²) in [5.74, 6) is 1.55. The topological polar surface area (TPSA) is 49.9 Å². The summed E-state index contributed by atoms with van der Waals surface area (Å²) in [7, 11) is 0. The lowest BCUT2D eigenvalue weighted by Crippen LogP contribution is -2.45. The molecule has 168 valence electrons. The van der Waals surface area contributed by atoms with Crippen LogP contribution in [0, 0.1) is 5.92 Å². The number of carbonyl (C=O) groups excluding carboxylic acids is 2. The summed E-state index contributed by atoms with van der Waals surface area (Å²) in [5, 5.41) is 0. The zero-order valence-electron chi connectivity index (χ0n) is 18.7. The highest BCUT2D eigenvalue weighted by Gasteiger charge is 2.46. The maximum atomic E-state index is 13.0. The van der Waals surface area contributed by atoms with Gasteiger partial charge in [0.25, 0.3) is 0 Å². The molecule has 2 aliphatic carbocycles. The number of hydrogen-bond donors (Lipinski definition) is 0. The van der Waals surface area contributed by atoms with Crippen molar-refractivity contribution < 1.29 is 14.3 Å². The maximum Gasteiger partial charge on any atom is 0.223 e. The number of rotatable bonds is 4. The fraction of sp³-hybridized carbons (Fsp3) is 0.692. The van der Waals surface area contributed by atoms with Gasteiger partial charge in [-0.3, -0.25) is 9.59 Å². The van der Waals surface area contributed by atoms with E-state index in [0.29, 0.717) is 37.4 Å². The number of nitrogens with zero attached hydrogens (tertiary/aromatic N) is 2. The van der Waals surface area contributed by atoms with Crippen molar-refractivity contribution in [2.45, 2.75) is 69.1 Å². The van der Waals surface area contributed by atoms with Gasteiger partial charge in [-0.25, -0.2) is 0 Å². The Kier molecular flexibility index (Phi) is 6.05. The first-order valence-corrected chi connectivity index (χ1v) is 12.4. The molecule has 1 atom stereocenters. The molecule has 31 heavy (non-hydrogen) atoms. The summed E-state index contributed by atoms with van der Waals surface area (Å²) in [6.07, 6.45) is 9.51. The van der Waals surface area contributed by atoms with E-state index in [-0.39, 0.29) is 11.3 Å². The number of benzene rings is 1. The van der Waals surface area contributed by atoms with Crippen molar-refractivity contribution >= 4 is 11.8 Å². The van der Waals surface area contributed by atoms with Crippen LogP contribution in [0.5, 0.6) is 0 Å². The number of hydrogen-bond acceptors (Lipinski definition) is 3. The lowest BCUT2D eigenvalue weighted by molar-refractivity contribution is -0.135. The van der Waals surface area contributed by atoms with Crippen molar-refractivity contribution in [3.8, 4) is 0 Å². The smallest absolute Gasteiger partial charge is 0.223 e. The summed E-state index contributed by atoms with van der Waals surface area (Å²) in [4.78, 5) is 29.9. The van der Waals surface area contributed by atoms with E-state index in [9.17, 15) is 9.59 Å². The van der Waals surface area contributed by atoms with E-state index in [4.69, 9.17) is 4.74 Å². The number of likely N-dealkylation sites (tertiary alicyclic amines) is 1. The number of amides is 2. The van der Waals surface area contributed by atoms with Gasteiger partial charge in [-0.05, 0) is 60.5 Å². The van der Waals surface area contributed by atoms with Gasteiger partial charge < -0.3 is 14.5 Å². The SMILES string of the molecule is O=C(CC1CCCC1)N1CCC2(CC1)CC(CC(=O)N1CCOCC1)c1ccccc12. The van der Waals surface area contributed by atoms with Crippen LogP contribution in [0.4, 0.5) is 0 Å². The molecule has 5 rings (SSSR count). The molecular formula is C26H36N2O3. The Morgan fingerprint density at radius 3 is 2.29 bits per heavy atom. The molecule has 1 aromatic carbocycles. The van der Waals surface area contributed by atoms with Gasteiger partial charge in [0, 0.05) is 39.0 Å². The second-order valence-corrected chi connectivity index (χ2v) is 10.2. The first kappa shape index (κ1) is 21.0. The third-order valence-corrected chi connectivity index (χ3v) is 8.41. The quantitative estimate of drug-likeness (QED) is 0.737. The first-order chi connectivity index (χ1) is 15.1. The van der Waals surface area contributed by atoms with E-state index < -0.39 is 0 Å². The summed E-state index contributed by atoms with van der Waals surface area (Å²) >= 11 is 0. The summed E-state index contributed by atoms with van der Waals surface area (Å²) in [6, 6.07) is 8.78. The molecule has 1 saturated carbocycles. The monoisotopic (exact) mass is 424 g/mol. The van der Waals surface area contributed by atoms with Crippen molar-refractivity contribution in [3.63, 3.8) is 0 Å². The van der Waals surface area contributed by atoms with Crippen molar-refractivity contribution in [1.29, 1.82) is 0 Å². The van der Waals surface area contributed by atoms with Crippen LogP contribution < -0.4 is 0 Å². The molecule has 2 aliphatic heterocycles. The number of fused-ring (bicyclic) bond motifs is 2. The molecule has 0 bridgehead atoms. The third kappa shape index (κ3) is 4.26. The van der Waals surface area contributed by atoms with Gasteiger partial charge in [0.05, 0.1) is 13.2 Å². The van der Waals surface area contributed by atoms with Gasteiger partial charge in [0.15, 0.2) is 0 Å². The Hall–Kier alpha value is -1.88. The van der Waals surface area contributed by atoms with Crippen LogP contribution in [0.15, 0.2) is 24.3 Å². The van der Waals surface area contributed by atoms with Crippen LogP contribution in [0.25, 0.3) is 0 Å². The Morgan fingerprint density at radius 2 is 1.55 bits per heavy atom. The number of ether oxygens (including phenoxy) is 1. The highest BCUT2D eigenvalue weighted by molar-refractivity contribution is 5.78. The average molecular weight is 425 g/mol. The van der Waals surface area contributed by atoms with Crippen molar-refractivity contribution in [2.75, 3.05) is 39.4 Å². The summed E-state index contributed by atoms with van der Waals surface area (Å²) in [5.41, 5.74) is 2.95. The van der Waals surface area contributed by atoms with Crippen LogP contribution in [0.2, 0.25) is 0 Å². The predicted molar refractivity (Wildman–Crippen MR) is 120 cm³/mol. The normalized spacial score (nSPS) is 25.7. The van der Waals surface area contributed by atoms with Crippen LogP contribution in [-0.4, -0.2) is 61.0 Å². The van der Waals surface area contributed by atoms with Crippen LogP contribution in [0.3, 0.4) is 0 Å². The largest absolute Gasteiger partial charge is 0.378 e. The molecule has 2 amide bonds. The van der Waals surface area contributed by atoms with E-state index >= 15 is 0 Å². The van der Waals surface area contributed by atoms with E-state index in [1.54, 1.807) is 0 Å². The van der Waals surface area contributed by atoms with E-state index in [0.717, 1.165) is 51.9 Å². The third-order valence-electron chi connectivity index (χ3n) is 8.41. The minimum atomic E-state index is 0.136. The molecule has 4 aliphatic rings. The van der Waals surface area contributed by atoms with Gasteiger partial charge in [0.2, 0.25) is 11.8 Å². The molecule has 3 fully saturated rings. The molecule has 5 heteroatoms. The number of carbonyl (C=O) groups is 2. The Labute approximate surface area is 186 Å². The first-order valence-electron chi connectivity index (χ1n) is 12.4. The Balaban J connectivity index is 1.25. The van der Waals surface area contributed by atoms with Gasteiger partial charge in [-0.2, -0.15) is 0 Å². The highest BCUT2D eigenvalue weighted by Crippen LogP contribution is 2.52. The second kappa shape index (κ2) is 8.93. The van der Waals surface area contributed by atoms with E-state index in [2.05, 4.69) is 29.2 Å². The van der Waals surface area contributed by atoms with E-state index in [1.165, 1.54) is 36.8 Å². The molecule has 0 N–H and O–H groups in total. The molecule has 0 aromatic heterocycles. The molecule has 2 saturated heterocycles. The van der Waals surface area contributed by atoms with Gasteiger partial charge >= 0.3 is 0 Å². The Bertz CT molecular complexity index is 803. The standard InChI is InChI=1S/C26H36N2O3/c29-24(17-20-5-1-2-6-20)27-11-9-26(10-12-27)19-21(22-7-3-4-8-23(22)26)18-25(30)28-13-15-31-16-14-28/h3-4,7-8,20-21H,1-2,5-6,9-19H2. The van der Waals surface area contributed by atoms with Crippen molar-refractivity contribution in [2.24, 2.45) is 5.92 Å². The number of piperidine rings is 1. The summed E-state index contributed by atoms with van der Waals surface area (Å²) < 4.78 is 5.41. The van der Waals surface area contributed by atoms with Crippen molar-refractivity contribution in [3.05, 3.63) is 35.4 Å². The van der Waals surface area contributed by atoms with Crippen LogP contribution in [-0.2, 0) is 19.7 Å². The molecular weight excluding hydrogens is 388 g/mol. The summed E-state index contributed by atoms with van der Waals surface area (Å²) in [6.45, 7) is 4.48. The fourth-order valence-electron chi connectivity index (χ4n) is 6.61. The fourth-order valence-corrected chi connectivity index (χ4v) is 6.61. The van der Waals surface area contributed by atoms with Crippen molar-refractivity contribution in [1.82, 2.24) is 9.80 Å². The Morgan fingerprint density at radius 1 is 0.903 bits per heavy atom. The van der Waals surface area contributed by atoms with E-state index in [1.807, 2.05) is 4.90 Å². The minimum Gasteiger partial charge on any atom is -0.378 e. The molecule has 1 spiro atoms. The lowest BCUT2D eigenvalue weighted by atomic mass is 9.73. The maximum absolute atomic E-state index is 13.0. The molecule has 1 aromatic rings. The molecule has 0 radical (unpaired) electrons. The van der Waals surface area contributed by atoms with Crippen LogP contribution in [0.1, 0.15) is 74.8 Å². The zero-order valence-corrected chi connectivity index (χ0v) is 18.7. The van der Waals surface area contributed by atoms with Gasteiger partial charge in [-0.1, -0.05) is 37.1 Å². The molecule has 2 heterocycles.